The summed E-state index contributed by atoms with van der Waals surface area (Å²) in [5.41, 5.74) is 1.76. The van der Waals surface area contributed by atoms with E-state index in [0.717, 1.165) is 9.13 Å². The molecular formula is C16H12ClIN2O4. The zero-order valence-corrected chi connectivity index (χ0v) is 15.5. The molecule has 0 aromatic heterocycles. The van der Waals surface area contributed by atoms with E-state index in [1.807, 2.05) is 0 Å². The van der Waals surface area contributed by atoms with Crippen LogP contribution in [0.3, 0.4) is 0 Å². The van der Waals surface area contributed by atoms with Crippen LogP contribution < -0.4 is 9.64 Å². The predicted molar refractivity (Wildman–Crippen MR) is 99.2 cm³/mol. The molecule has 8 heteroatoms. The quantitative estimate of drug-likeness (QED) is 0.395. The first-order valence-corrected chi connectivity index (χ1v) is 8.50. The molecule has 1 aliphatic heterocycles. The standard InChI is InChI=1S/C16H12ClIN2O4/c1-24-15-8-13(18)12(17)7-11(15)16(21)19-5-4-9-2-3-10(20(22)23)6-14(9)19/h2-3,6-8H,4-5H2,1H3. The topological polar surface area (TPSA) is 72.7 Å². The van der Waals surface area contributed by atoms with Crippen molar-refractivity contribution < 1.29 is 14.5 Å². The molecule has 0 radical (unpaired) electrons. The van der Waals surface area contributed by atoms with Gasteiger partial charge in [0.15, 0.2) is 0 Å². The van der Waals surface area contributed by atoms with Crippen molar-refractivity contribution in [3.63, 3.8) is 0 Å². The van der Waals surface area contributed by atoms with E-state index in [2.05, 4.69) is 22.6 Å². The Morgan fingerprint density at radius 1 is 1.38 bits per heavy atom. The van der Waals surface area contributed by atoms with E-state index in [1.54, 1.807) is 18.2 Å². The number of fused-ring (bicyclic) bond motifs is 1. The summed E-state index contributed by atoms with van der Waals surface area (Å²) in [7, 11) is 1.48. The molecule has 124 valence electrons. The number of benzene rings is 2. The molecule has 0 aliphatic carbocycles. The van der Waals surface area contributed by atoms with Crippen molar-refractivity contribution in [1.82, 2.24) is 0 Å². The molecule has 3 rings (SSSR count). The van der Waals surface area contributed by atoms with Gasteiger partial charge in [-0.3, -0.25) is 14.9 Å². The fourth-order valence-corrected chi connectivity index (χ4v) is 3.30. The summed E-state index contributed by atoms with van der Waals surface area (Å²) >= 11 is 8.20. The summed E-state index contributed by atoms with van der Waals surface area (Å²) in [6.07, 6.45) is 0.652. The van der Waals surface area contributed by atoms with Crippen molar-refractivity contribution in [2.45, 2.75) is 6.42 Å². The zero-order chi connectivity index (χ0) is 17.4. The lowest BCUT2D eigenvalue weighted by molar-refractivity contribution is -0.384. The Kier molecular flexibility index (Phi) is 4.64. The largest absolute Gasteiger partial charge is 0.496 e. The average molecular weight is 459 g/mol. The van der Waals surface area contributed by atoms with Crippen molar-refractivity contribution in [1.29, 1.82) is 0 Å². The Morgan fingerprint density at radius 2 is 2.12 bits per heavy atom. The molecular weight excluding hydrogens is 447 g/mol. The summed E-state index contributed by atoms with van der Waals surface area (Å²) in [5.74, 6) is 0.136. The van der Waals surface area contributed by atoms with E-state index in [4.69, 9.17) is 16.3 Å². The normalized spacial score (nSPS) is 12.9. The van der Waals surface area contributed by atoms with Crippen molar-refractivity contribution in [2.24, 2.45) is 0 Å². The van der Waals surface area contributed by atoms with Crippen molar-refractivity contribution >= 4 is 51.5 Å². The molecule has 0 saturated carbocycles. The minimum atomic E-state index is -0.469. The number of nitro benzene ring substituents is 1. The smallest absolute Gasteiger partial charge is 0.271 e. The minimum absolute atomic E-state index is 0.0407. The van der Waals surface area contributed by atoms with Crippen LogP contribution in [0.2, 0.25) is 5.02 Å². The second kappa shape index (κ2) is 6.56. The van der Waals surface area contributed by atoms with E-state index < -0.39 is 4.92 Å². The maximum absolute atomic E-state index is 12.9. The fraction of sp³-hybridized carbons (Fsp3) is 0.188. The predicted octanol–water partition coefficient (Wildman–Crippen LogP) is 4.06. The summed E-state index contributed by atoms with van der Waals surface area (Å²) < 4.78 is 6.07. The molecule has 0 fully saturated rings. The summed E-state index contributed by atoms with van der Waals surface area (Å²) in [6, 6.07) is 7.84. The second-order valence-corrected chi connectivity index (χ2v) is 6.81. The second-order valence-electron chi connectivity index (χ2n) is 5.24. The molecule has 2 aromatic carbocycles. The first-order valence-electron chi connectivity index (χ1n) is 7.04. The summed E-state index contributed by atoms with van der Waals surface area (Å²) in [5, 5.41) is 11.5. The Morgan fingerprint density at radius 3 is 2.79 bits per heavy atom. The van der Waals surface area contributed by atoms with Gasteiger partial charge in [0.1, 0.15) is 5.75 Å². The molecule has 0 saturated heterocycles. The third-order valence-electron chi connectivity index (χ3n) is 3.89. The monoisotopic (exact) mass is 458 g/mol. The van der Waals surface area contributed by atoms with Gasteiger partial charge >= 0.3 is 0 Å². The van der Waals surface area contributed by atoms with Crippen LogP contribution in [0.1, 0.15) is 15.9 Å². The number of hydrogen-bond acceptors (Lipinski definition) is 4. The molecule has 1 aliphatic rings. The van der Waals surface area contributed by atoms with Gasteiger partial charge in [-0.1, -0.05) is 17.7 Å². The number of amides is 1. The Hall–Kier alpha value is -1.87. The van der Waals surface area contributed by atoms with Crippen molar-refractivity contribution in [3.8, 4) is 5.75 Å². The minimum Gasteiger partial charge on any atom is -0.496 e. The zero-order valence-electron chi connectivity index (χ0n) is 12.6. The molecule has 0 bridgehead atoms. The number of nitro groups is 1. The van der Waals surface area contributed by atoms with E-state index in [0.29, 0.717) is 35.0 Å². The Labute approximate surface area is 156 Å². The molecule has 0 atom stereocenters. The van der Waals surface area contributed by atoms with Gasteiger partial charge < -0.3 is 9.64 Å². The molecule has 0 spiro atoms. The molecule has 6 nitrogen and oxygen atoms in total. The van der Waals surface area contributed by atoms with Gasteiger partial charge in [-0.05, 0) is 46.7 Å². The lowest BCUT2D eigenvalue weighted by Crippen LogP contribution is -2.29. The molecule has 1 amide bonds. The number of non-ortho nitro benzene ring substituents is 1. The number of ether oxygens (including phenoxy) is 1. The highest BCUT2D eigenvalue weighted by molar-refractivity contribution is 14.1. The lowest BCUT2D eigenvalue weighted by Gasteiger charge is -2.19. The highest BCUT2D eigenvalue weighted by Gasteiger charge is 2.29. The average Bonchev–Trinajstić information content (AvgIpc) is 2.99. The molecule has 0 unspecified atom stereocenters. The van der Waals surface area contributed by atoms with Gasteiger partial charge in [0.25, 0.3) is 11.6 Å². The number of rotatable bonds is 3. The molecule has 1 heterocycles. The number of hydrogen-bond donors (Lipinski definition) is 0. The summed E-state index contributed by atoms with van der Waals surface area (Å²) in [4.78, 5) is 25.0. The maximum atomic E-state index is 12.9. The number of halogens is 2. The number of anilines is 1. The number of carbonyl (C=O) groups excluding carboxylic acids is 1. The highest BCUT2D eigenvalue weighted by Crippen LogP contribution is 2.35. The van der Waals surface area contributed by atoms with Gasteiger partial charge in [0.2, 0.25) is 0 Å². The first kappa shape index (κ1) is 17.0. The summed E-state index contributed by atoms with van der Waals surface area (Å²) in [6.45, 7) is 0.460. The Bertz CT molecular complexity index is 856. The number of nitrogens with zero attached hydrogens (tertiary/aromatic N) is 2. The maximum Gasteiger partial charge on any atom is 0.271 e. The van der Waals surface area contributed by atoms with Crippen LogP contribution >= 0.6 is 34.2 Å². The highest BCUT2D eigenvalue weighted by atomic mass is 127. The van der Waals surface area contributed by atoms with Crippen molar-refractivity contribution in [3.05, 3.63) is 60.2 Å². The van der Waals surface area contributed by atoms with E-state index in [1.165, 1.54) is 24.1 Å². The van der Waals surface area contributed by atoms with Crippen LogP contribution in [0.4, 0.5) is 11.4 Å². The van der Waals surface area contributed by atoms with Crippen LogP contribution in [0.25, 0.3) is 0 Å². The van der Waals surface area contributed by atoms with Crippen LogP contribution in [-0.2, 0) is 6.42 Å². The van der Waals surface area contributed by atoms with E-state index in [9.17, 15) is 14.9 Å². The van der Waals surface area contributed by atoms with Crippen molar-refractivity contribution in [2.75, 3.05) is 18.6 Å². The van der Waals surface area contributed by atoms with Crippen LogP contribution in [0.5, 0.6) is 5.75 Å². The SMILES string of the molecule is COc1cc(I)c(Cl)cc1C(=O)N1CCc2ccc([N+](=O)[O-])cc21. The first-order chi connectivity index (χ1) is 11.4. The number of methoxy groups -OCH3 is 1. The Balaban J connectivity index is 2.04. The van der Waals surface area contributed by atoms with Crippen LogP contribution in [0, 0.1) is 13.7 Å². The third kappa shape index (κ3) is 2.93. The third-order valence-corrected chi connectivity index (χ3v) is 5.42. The molecule has 2 aromatic rings. The molecule has 0 N–H and O–H groups in total. The van der Waals surface area contributed by atoms with Gasteiger partial charge in [0, 0.05) is 22.2 Å². The van der Waals surface area contributed by atoms with Crippen LogP contribution in [0.15, 0.2) is 30.3 Å². The van der Waals surface area contributed by atoms with E-state index in [-0.39, 0.29) is 11.6 Å². The van der Waals surface area contributed by atoms with Gasteiger partial charge in [-0.2, -0.15) is 0 Å². The lowest BCUT2D eigenvalue weighted by atomic mass is 10.1. The van der Waals surface area contributed by atoms with Gasteiger partial charge in [-0.25, -0.2) is 0 Å². The molecule has 24 heavy (non-hydrogen) atoms. The van der Waals surface area contributed by atoms with Gasteiger partial charge in [0.05, 0.1) is 28.3 Å². The van der Waals surface area contributed by atoms with E-state index >= 15 is 0 Å². The van der Waals surface area contributed by atoms with Gasteiger partial charge in [-0.15, -0.1) is 0 Å². The number of carbonyl (C=O) groups is 1. The van der Waals surface area contributed by atoms with Crippen LogP contribution in [-0.4, -0.2) is 24.5 Å². The fourth-order valence-electron chi connectivity index (χ4n) is 2.70.